The SMILES string of the molecule is CC1CCCC1Nc1ccc2c(c1)CCC2. The van der Waals surface area contributed by atoms with Crippen molar-refractivity contribution in [1.82, 2.24) is 0 Å². The van der Waals surface area contributed by atoms with Crippen LogP contribution in [0.25, 0.3) is 0 Å². The molecule has 0 aromatic heterocycles. The first-order chi connectivity index (χ1) is 7.83. The van der Waals surface area contributed by atoms with E-state index in [1.165, 1.54) is 44.2 Å². The Morgan fingerprint density at radius 3 is 2.75 bits per heavy atom. The van der Waals surface area contributed by atoms with Crippen molar-refractivity contribution in [1.29, 1.82) is 0 Å². The van der Waals surface area contributed by atoms with Gasteiger partial charge >= 0.3 is 0 Å². The van der Waals surface area contributed by atoms with Crippen LogP contribution in [0.3, 0.4) is 0 Å². The quantitative estimate of drug-likeness (QED) is 0.791. The van der Waals surface area contributed by atoms with E-state index >= 15 is 0 Å². The number of rotatable bonds is 2. The van der Waals surface area contributed by atoms with Crippen molar-refractivity contribution in [2.24, 2.45) is 5.92 Å². The van der Waals surface area contributed by atoms with E-state index in [0.717, 1.165) is 5.92 Å². The van der Waals surface area contributed by atoms with Gasteiger partial charge in [0.25, 0.3) is 0 Å². The largest absolute Gasteiger partial charge is 0.382 e. The van der Waals surface area contributed by atoms with E-state index < -0.39 is 0 Å². The minimum Gasteiger partial charge on any atom is -0.382 e. The zero-order valence-corrected chi connectivity index (χ0v) is 10.1. The van der Waals surface area contributed by atoms with Crippen LogP contribution in [0.1, 0.15) is 43.7 Å². The third-order valence-electron chi connectivity index (χ3n) is 4.31. The number of aryl methyl sites for hydroxylation is 2. The van der Waals surface area contributed by atoms with Crippen molar-refractivity contribution in [3.63, 3.8) is 0 Å². The maximum absolute atomic E-state index is 3.72. The Labute approximate surface area is 98.3 Å². The Hall–Kier alpha value is -0.980. The van der Waals surface area contributed by atoms with Crippen molar-refractivity contribution < 1.29 is 0 Å². The molecule has 0 spiro atoms. The van der Waals surface area contributed by atoms with Gasteiger partial charge in [-0.05, 0) is 61.3 Å². The Balaban J connectivity index is 1.75. The van der Waals surface area contributed by atoms with Crippen LogP contribution < -0.4 is 5.32 Å². The molecule has 16 heavy (non-hydrogen) atoms. The number of hydrogen-bond acceptors (Lipinski definition) is 1. The van der Waals surface area contributed by atoms with Gasteiger partial charge in [-0.3, -0.25) is 0 Å². The van der Waals surface area contributed by atoms with Gasteiger partial charge in [-0.2, -0.15) is 0 Å². The second-order valence-corrected chi connectivity index (χ2v) is 5.50. The summed E-state index contributed by atoms with van der Waals surface area (Å²) in [7, 11) is 0. The van der Waals surface area contributed by atoms with Gasteiger partial charge in [0.2, 0.25) is 0 Å². The molecule has 0 aliphatic heterocycles. The lowest BCUT2D eigenvalue weighted by Gasteiger charge is -2.19. The molecule has 2 atom stereocenters. The van der Waals surface area contributed by atoms with E-state index in [2.05, 4.69) is 30.4 Å². The third kappa shape index (κ3) is 1.83. The maximum Gasteiger partial charge on any atom is 0.0345 e. The molecule has 0 bridgehead atoms. The van der Waals surface area contributed by atoms with Crippen LogP contribution in [0.4, 0.5) is 5.69 Å². The van der Waals surface area contributed by atoms with Gasteiger partial charge in [0.05, 0.1) is 0 Å². The fourth-order valence-electron chi connectivity index (χ4n) is 3.24. The van der Waals surface area contributed by atoms with E-state index in [0.29, 0.717) is 6.04 Å². The van der Waals surface area contributed by atoms with Gasteiger partial charge in [-0.1, -0.05) is 19.4 Å². The summed E-state index contributed by atoms with van der Waals surface area (Å²) in [6, 6.07) is 7.69. The first-order valence-electron chi connectivity index (χ1n) is 6.71. The monoisotopic (exact) mass is 215 g/mol. The van der Waals surface area contributed by atoms with E-state index in [1.807, 2.05) is 0 Å². The van der Waals surface area contributed by atoms with Crippen LogP contribution in [0, 0.1) is 5.92 Å². The second-order valence-electron chi connectivity index (χ2n) is 5.50. The van der Waals surface area contributed by atoms with Crippen molar-refractivity contribution in [3.05, 3.63) is 29.3 Å². The minimum atomic E-state index is 0.708. The van der Waals surface area contributed by atoms with Gasteiger partial charge in [0, 0.05) is 11.7 Å². The number of benzene rings is 1. The summed E-state index contributed by atoms with van der Waals surface area (Å²) in [5.41, 5.74) is 4.50. The summed E-state index contributed by atoms with van der Waals surface area (Å²) in [5, 5.41) is 3.72. The Morgan fingerprint density at radius 1 is 1.06 bits per heavy atom. The Kier molecular flexibility index (Phi) is 2.62. The fraction of sp³-hybridized carbons (Fsp3) is 0.600. The van der Waals surface area contributed by atoms with Crippen LogP contribution in [0.15, 0.2) is 18.2 Å². The molecule has 2 aliphatic rings. The van der Waals surface area contributed by atoms with Crippen LogP contribution in [0.2, 0.25) is 0 Å². The highest BCUT2D eigenvalue weighted by Crippen LogP contribution is 2.30. The highest BCUT2D eigenvalue weighted by atomic mass is 14.9. The highest BCUT2D eigenvalue weighted by molar-refractivity contribution is 5.50. The van der Waals surface area contributed by atoms with Crippen molar-refractivity contribution in [2.45, 2.75) is 51.5 Å². The molecular weight excluding hydrogens is 194 g/mol. The van der Waals surface area contributed by atoms with Crippen LogP contribution >= 0.6 is 0 Å². The average Bonchev–Trinajstić information content (AvgIpc) is 2.88. The highest BCUT2D eigenvalue weighted by Gasteiger charge is 2.23. The van der Waals surface area contributed by atoms with E-state index in [-0.39, 0.29) is 0 Å². The van der Waals surface area contributed by atoms with Crippen molar-refractivity contribution in [3.8, 4) is 0 Å². The van der Waals surface area contributed by atoms with Gasteiger partial charge < -0.3 is 5.32 Å². The zero-order valence-electron chi connectivity index (χ0n) is 10.1. The first kappa shape index (κ1) is 10.2. The van der Waals surface area contributed by atoms with Gasteiger partial charge in [-0.25, -0.2) is 0 Å². The molecule has 1 N–H and O–H groups in total. The third-order valence-corrected chi connectivity index (χ3v) is 4.31. The first-order valence-corrected chi connectivity index (χ1v) is 6.71. The van der Waals surface area contributed by atoms with Gasteiger partial charge in [0.15, 0.2) is 0 Å². The normalized spacial score (nSPS) is 28.1. The molecule has 86 valence electrons. The second kappa shape index (κ2) is 4.12. The van der Waals surface area contributed by atoms with Crippen LogP contribution in [0.5, 0.6) is 0 Å². The molecule has 2 unspecified atom stereocenters. The molecule has 0 saturated heterocycles. The molecule has 1 aromatic carbocycles. The van der Waals surface area contributed by atoms with Crippen molar-refractivity contribution in [2.75, 3.05) is 5.32 Å². The lowest BCUT2D eigenvalue weighted by Crippen LogP contribution is -2.21. The molecule has 2 aliphatic carbocycles. The molecule has 1 aromatic rings. The lowest BCUT2D eigenvalue weighted by molar-refractivity contribution is 0.556. The molecule has 1 saturated carbocycles. The number of nitrogens with one attached hydrogen (secondary N) is 1. The average molecular weight is 215 g/mol. The number of fused-ring (bicyclic) bond motifs is 1. The summed E-state index contributed by atoms with van der Waals surface area (Å²) in [4.78, 5) is 0. The zero-order chi connectivity index (χ0) is 11.0. The van der Waals surface area contributed by atoms with Gasteiger partial charge in [0.1, 0.15) is 0 Å². The predicted octanol–water partition coefficient (Wildman–Crippen LogP) is 3.78. The molecule has 0 radical (unpaired) electrons. The summed E-state index contributed by atoms with van der Waals surface area (Å²) in [5.74, 6) is 0.841. The summed E-state index contributed by atoms with van der Waals surface area (Å²) in [6.07, 6.45) is 8.05. The minimum absolute atomic E-state index is 0.708. The Bertz CT molecular complexity index is 383. The number of hydrogen-bond donors (Lipinski definition) is 1. The predicted molar refractivity (Wildman–Crippen MR) is 68.9 cm³/mol. The van der Waals surface area contributed by atoms with E-state index in [1.54, 1.807) is 11.1 Å². The summed E-state index contributed by atoms with van der Waals surface area (Å²) >= 11 is 0. The van der Waals surface area contributed by atoms with Gasteiger partial charge in [-0.15, -0.1) is 0 Å². The van der Waals surface area contributed by atoms with E-state index in [9.17, 15) is 0 Å². The lowest BCUT2D eigenvalue weighted by atomic mass is 10.0. The molecule has 3 rings (SSSR count). The molecule has 0 heterocycles. The standard InChI is InChI=1S/C15H21N/c1-11-4-2-7-15(11)16-14-9-8-12-5-3-6-13(12)10-14/h8-11,15-16H,2-7H2,1H3. The van der Waals surface area contributed by atoms with E-state index in [4.69, 9.17) is 0 Å². The number of anilines is 1. The smallest absolute Gasteiger partial charge is 0.0345 e. The summed E-state index contributed by atoms with van der Waals surface area (Å²) in [6.45, 7) is 2.37. The molecule has 1 nitrogen and oxygen atoms in total. The Morgan fingerprint density at radius 2 is 1.94 bits per heavy atom. The van der Waals surface area contributed by atoms with Crippen LogP contribution in [-0.2, 0) is 12.8 Å². The molecule has 1 fully saturated rings. The molecule has 0 amide bonds. The van der Waals surface area contributed by atoms with Crippen LogP contribution in [-0.4, -0.2) is 6.04 Å². The molecular formula is C15H21N. The maximum atomic E-state index is 3.72. The van der Waals surface area contributed by atoms with Crippen molar-refractivity contribution >= 4 is 5.69 Å². The molecule has 1 heteroatoms. The fourth-order valence-corrected chi connectivity index (χ4v) is 3.24. The topological polar surface area (TPSA) is 12.0 Å². The summed E-state index contributed by atoms with van der Waals surface area (Å²) < 4.78 is 0.